The topological polar surface area (TPSA) is 139 Å². The van der Waals surface area contributed by atoms with Gasteiger partial charge < -0.3 is 24.6 Å². The summed E-state index contributed by atoms with van der Waals surface area (Å²) in [6.45, 7) is -0.935. The summed E-state index contributed by atoms with van der Waals surface area (Å²) in [7, 11) is 0. The van der Waals surface area contributed by atoms with Crippen molar-refractivity contribution in [1.82, 2.24) is 15.4 Å². The summed E-state index contributed by atoms with van der Waals surface area (Å²) in [6, 6.07) is 5.01. The third-order valence-corrected chi connectivity index (χ3v) is 6.42. The number of carboxylic acids is 1. The Morgan fingerprint density at radius 2 is 1.80 bits per heavy atom. The number of aliphatic carboxylic acids is 1. The molecule has 1 aromatic heterocycles. The van der Waals surface area contributed by atoms with Crippen LogP contribution in [0.25, 0.3) is 11.0 Å². The first kappa shape index (κ1) is 28.5. The number of carboxylic acid groups (broad SMARTS) is 1. The number of Topliss-reactive ketones (excluding diaryl/α,β-unsaturated/α-hetero) is 1. The molecule has 0 saturated carbocycles. The fraction of sp³-hybridized carbons (Fsp3) is 0.346. The van der Waals surface area contributed by atoms with Crippen molar-refractivity contribution in [3.63, 3.8) is 0 Å². The summed E-state index contributed by atoms with van der Waals surface area (Å²) in [4.78, 5) is 51.7. The van der Waals surface area contributed by atoms with Crippen LogP contribution >= 0.6 is 0 Å². The molecule has 1 saturated heterocycles. The van der Waals surface area contributed by atoms with Gasteiger partial charge in [0.25, 0.3) is 5.91 Å². The van der Waals surface area contributed by atoms with Crippen LogP contribution in [0.15, 0.2) is 34.9 Å². The number of nitrogens with zero attached hydrogens (tertiary/aromatic N) is 2. The van der Waals surface area contributed by atoms with Gasteiger partial charge in [-0.25, -0.2) is 8.78 Å². The molecule has 0 aliphatic carbocycles. The minimum Gasteiger partial charge on any atom is -0.481 e. The number of carbonyl (C=O) groups is 4. The van der Waals surface area contributed by atoms with Crippen molar-refractivity contribution < 1.29 is 51.1 Å². The lowest BCUT2D eigenvalue weighted by molar-refractivity contribution is -0.141. The Hall–Kier alpha value is -4.49. The summed E-state index contributed by atoms with van der Waals surface area (Å²) in [6.07, 6.45) is 0.527. The molecular formula is C26H23F4N3O7. The largest absolute Gasteiger partial charge is 0.481 e. The van der Waals surface area contributed by atoms with Gasteiger partial charge in [-0.2, -0.15) is 8.78 Å². The van der Waals surface area contributed by atoms with Crippen LogP contribution < -0.4 is 10.1 Å². The Bertz CT molecular complexity index is 1440. The van der Waals surface area contributed by atoms with Gasteiger partial charge in [0.2, 0.25) is 17.5 Å². The van der Waals surface area contributed by atoms with E-state index in [1.807, 2.05) is 0 Å². The summed E-state index contributed by atoms with van der Waals surface area (Å²) in [5, 5.41) is 15.9. The Labute approximate surface area is 223 Å². The molecule has 1 aliphatic heterocycles. The number of ketones is 1. The summed E-state index contributed by atoms with van der Waals surface area (Å²) in [5.41, 5.74) is 0.480. The van der Waals surface area contributed by atoms with Crippen molar-refractivity contribution in [3.05, 3.63) is 59.3 Å². The molecule has 1 aliphatic rings. The molecule has 3 aromatic rings. The summed E-state index contributed by atoms with van der Waals surface area (Å²) < 4.78 is 64.4. The van der Waals surface area contributed by atoms with Crippen molar-refractivity contribution in [3.8, 4) is 5.75 Å². The summed E-state index contributed by atoms with van der Waals surface area (Å²) >= 11 is 0. The molecular weight excluding hydrogens is 542 g/mol. The maximum Gasteiger partial charge on any atom is 0.305 e. The number of amides is 2. The first-order valence-corrected chi connectivity index (χ1v) is 12.2. The van der Waals surface area contributed by atoms with E-state index in [0.29, 0.717) is 36.8 Å². The van der Waals surface area contributed by atoms with Crippen LogP contribution in [0.3, 0.4) is 0 Å². The second-order valence-corrected chi connectivity index (χ2v) is 9.18. The van der Waals surface area contributed by atoms with E-state index in [9.17, 15) is 41.8 Å². The van der Waals surface area contributed by atoms with Crippen molar-refractivity contribution >= 4 is 34.5 Å². The maximum atomic E-state index is 13.9. The lowest BCUT2D eigenvalue weighted by Crippen LogP contribution is -2.48. The molecule has 2 heterocycles. The van der Waals surface area contributed by atoms with E-state index in [4.69, 9.17) is 4.52 Å². The predicted octanol–water partition coefficient (Wildman–Crippen LogP) is 3.23. The molecule has 14 heteroatoms. The number of para-hydroxylation sites is 1. The van der Waals surface area contributed by atoms with Crippen LogP contribution in [0, 0.1) is 29.2 Å². The first-order valence-electron chi connectivity index (χ1n) is 12.2. The highest BCUT2D eigenvalue weighted by Gasteiger charge is 2.33. The van der Waals surface area contributed by atoms with Gasteiger partial charge in [-0.15, -0.1) is 0 Å². The molecule has 4 rings (SSSR count). The van der Waals surface area contributed by atoms with E-state index < -0.39 is 77.6 Å². The van der Waals surface area contributed by atoms with Gasteiger partial charge in [0.05, 0.1) is 17.7 Å². The molecule has 40 heavy (non-hydrogen) atoms. The third-order valence-electron chi connectivity index (χ3n) is 6.42. The van der Waals surface area contributed by atoms with Crippen LogP contribution in [-0.2, 0) is 14.4 Å². The molecule has 0 bridgehead atoms. The molecule has 2 N–H and O–H groups in total. The number of rotatable bonds is 9. The molecule has 2 amide bonds. The van der Waals surface area contributed by atoms with Gasteiger partial charge in [0.1, 0.15) is 12.6 Å². The Balaban J connectivity index is 1.45. The van der Waals surface area contributed by atoms with Crippen LogP contribution in [0.5, 0.6) is 5.75 Å². The smallest absolute Gasteiger partial charge is 0.305 e. The van der Waals surface area contributed by atoms with E-state index in [-0.39, 0.29) is 18.3 Å². The minimum absolute atomic E-state index is 0.0430. The van der Waals surface area contributed by atoms with Gasteiger partial charge in [-0.05, 0) is 25.0 Å². The zero-order chi connectivity index (χ0) is 29.0. The lowest BCUT2D eigenvalue weighted by Gasteiger charge is -2.25. The number of aromatic nitrogens is 1. The quantitative estimate of drug-likeness (QED) is 0.298. The number of nitrogens with one attached hydrogen (secondary N) is 1. The Morgan fingerprint density at radius 1 is 1.10 bits per heavy atom. The SMILES string of the molecule is O=C(O)C[C@H](NC(=O)C1CCCCN(C(=O)c2noc3ccccc23)C1)C(=O)COc1c(F)c(F)cc(F)c1F. The third kappa shape index (κ3) is 6.21. The second kappa shape index (κ2) is 12.1. The maximum absolute atomic E-state index is 13.9. The van der Waals surface area contributed by atoms with Crippen LogP contribution in [0.4, 0.5) is 17.6 Å². The van der Waals surface area contributed by atoms with E-state index in [2.05, 4.69) is 15.2 Å². The molecule has 212 valence electrons. The fourth-order valence-electron chi connectivity index (χ4n) is 4.36. The number of benzene rings is 2. The molecule has 10 nitrogen and oxygen atoms in total. The highest BCUT2D eigenvalue weighted by Crippen LogP contribution is 2.27. The molecule has 1 unspecified atom stereocenters. The highest BCUT2D eigenvalue weighted by atomic mass is 19.2. The van der Waals surface area contributed by atoms with Crippen molar-refractivity contribution in [2.24, 2.45) is 5.92 Å². The van der Waals surface area contributed by atoms with Crippen LogP contribution in [-0.4, -0.2) is 64.5 Å². The van der Waals surface area contributed by atoms with Crippen LogP contribution in [0.2, 0.25) is 0 Å². The number of fused-ring (bicyclic) bond motifs is 1. The zero-order valence-corrected chi connectivity index (χ0v) is 20.8. The zero-order valence-electron chi connectivity index (χ0n) is 20.8. The number of ether oxygens (including phenoxy) is 1. The van der Waals surface area contributed by atoms with E-state index >= 15 is 0 Å². The van der Waals surface area contributed by atoms with Crippen molar-refractivity contribution in [2.45, 2.75) is 31.7 Å². The van der Waals surface area contributed by atoms with Crippen molar-refractivity contribution in [2.75, 3.05) is 19.7 Å². The molecule has 1 fully saturated rings. The van der Waals surface area contributed by atoms with Gasteiger partial charge >= 0.3 is 5.97 Å². The summed E-state index contributed by atoms with van der Waals surface area (Å²) in [5.74, 6) is -13.4. The van der Waals surface area contributed by atoms with Crippen molar-refractivity contribution in [1.29, 1.82) is 0 Å². The first-order chi connectivity index (χ1) is 19.1. The number of hydrogen-bond donors (Lipinski definition) is 2. The number of likely N-dealkylation sites (tertiary alicyclic amines) is 1. The fourth-order valence-corrected chi connectivity index (χ4v) is 4.36. The second-order valence-electron chi connectivity index (χ2n) is 9.18. The average Bonchev–Trinajstić information content (AvgIpc) is 3.19. The predicted molar refractivity (Wildman–Crippen MR) is 128 cm³/mol. The van der Waals surface area contributed by atoms with E-state index in [1.165, 1.54) is 4.90 Å². The molecule has 2 atom stereocenters. The lowest BCUT2D eigenvalue weighted by atomic mass is 10.0. The number of carbonyl (C=O) groups excluding carboxylic acids is 3. The Morgan fingerprint density at radius 3 is 2.50 bits per heavy atom. The Kier molecular flexibility index (Phi) is 8.65. The van der Waals surface area contributed by atoms with Gasteiger partial charge in [-0.1, -0.05) is 23.7 Å². The molecule has 0 spiro atoms. The number of halogens is 4. The molecule has 0 radical (unpaired) electrons. The van der Waals surface area contributed by atoms with Gasteiger partial charge in [0, 0.05) is 19.2 Å². The average molecular weight is 565 g/mol. The highest BCUT2D eigenvalue weighted by molar-refractivity contribution is 6.04. The standard InChI is InChI=1S/C26H23F4N3O7/c27-15-9-16(28)22(30)24(21(15)29)39-12-18(34)17(10-20(35)36)31-25(37)13-5-3-4-8-33(11-13)26(38)23-14-6-1-2-7-19(14)40-32-23/h1-2,6-7,9,13,17H,3-5,8,10-12H2,(H,31,37)(H,35,36)/t13?,17-/m0/s1. The van der Waals surface area contributed by atoms with Gasteiger partial charge in [0.15, 0.2) is 34.4 Å². The van der Waals surface area contributed by atoms with E-state index in [0.717, 1.165) is 0 Å². The number of hydrogen-bond acceptors (Lipinski definition) is 7. The monoisotopic (exact) mass is 565 g/mol. The molecule has 2 aromatic carbocycles. The van der Waals surface area contributed by atoms with Gasteiger partial charge in [-0.3, -0.25) is 19.2 Å². The van der Waals surface area contributed by atoms with E-state index in [1.54, 1.807) is 24.3 Å². The normalized spacial score (nSPS) is 16.3. The van der Waals surface area contributed by atoms with Crippen LogP contribution in [0.1, 0.15) is 36.2 Å². The minimum atomic E-state index is -1.88.